The Labute approximate surface area is 207 Å². The highest BCUT2D eigenvalue weighted by molar-refractivity contribution is 7.99. The molecule has 0 amide bonds. The van der Waals surface area contributed by atoms with E-state index in [0.717, 1.165) is 27.1 Å². The van der Waals surface area contributed by atoms with E-state index in [2.05, 4.69) is 22.4 Å². The van der Waals surface area contributed by atoms with Crippen LogP contribution in [-0.2, 0) is 0 Å². The van der Waals surface area contributed by atoms with Crippen molar-refractivity contribution in [2.45, 2.75) is 22.1 Å². The van der Waals surface area contributed by atoms with Gasteiger partial charge in [0.2, 0.25) is 0 Å². The van der Waals surface area contributed by atoms with Crippen LogP contribution >= 0.6 is 24.0 Å². The van der Waals surface area contributed by atoms with E-state index in [1.54, 1.807) is 32.2 Å². The molecule has 1 fully saturated rings. The predicted molar refractivity (Wildman–Crippen MR) is 137 cm³/mol. The zero-order valence-corrected chi connectivity index (χ0v) is 20.3. The lowest BCUT2D eigenvalue weighted by molar-refractivity contribution is 0.379. The van der Waals surface area contributed by atoms with Gasteiger partial charge in [0.05, 0.1) is 31.6 Å². The number of nitrogens with zero attached hydrogens (tertiary/aromatic N) is 2. The summed E-state index contributed by atoms with van der Waals surface area (Å²) in [6.07, 6.45) is 1.78. The van der Waals surface area contributed by atoms with Gasteiger partial charge in [-0.1, -0.05) is 36.0 Å². The third-order valence-electron chi connectivity index (χ3n) is 5.60. The third-order valence-corrected chi connectivity index (χ3v) is 6.84. The van der Waals surface area contributed by atoms with Gasteiger partial charge in [-0.3, -0.25) is 4.98 Å². The van der Waals surface area contributed by atoms with Gasteiger partial charge < -0.3 is 24.1 Å². The number of nitrogens with one attached hydrogen (secondary N) is 1. The number of methoxy groups -OCH3 is 2. The summed E-state index contributed by atoms with van der Waals surface area (Å²) in [5.41, 5.74) is 1.66. The quantitative estimate of drug-likeness (QED) is 0.316. The molecular weight excluding hydrogens is 466 g/mol. The normalized spacial score (nSPS) is 17.5. The first-order valence-electron chi connectivity index (χ1n) is 10.7. The van der Waals surface area contributed by atoms with Crippen molar-refractivity contribution in [1.29, 1.82) is 0 Å². The molecule has 34 heavy (non-hydrogen) atoms. The molecule has 5 rings (SSSR count). The molecule has 2 aromatic carbocycles. The second kappa shape index (κ2) is 9.79. The molecule has 6 nitrogen and oxygen atoms in total. The fourth-order valence-electron chi connectivity index (χ4n) is 4.04. The van der Waals surface area contributed by atoms with E-state index in [1.807, 2.05) is 71.6 Å². The number of anilines is 1. The first-order chi connectivity index (χ1) is 16.7. The van der Waals surface area contributed by atoms with Gasteiger partial charge in [-0.05, 0) is 60.7 Å². The van der Waals surface area contributed by atoms with Crippen LogP contribution in [-0.4, -0.2) is 24.3 Å². The Morgan fingerprint density at radius 2 is 1.79 bits per heavy atom. The van der Waals surface area contributed by atoms with Gasteiger partial charge in [0.1, 0.15) is 23.3 Å². The van der Waals surface area contributed by atoms with Gasteiger partial charge in [-0.2, -0.15) is 0 Å². The lowest BCUT2D eigenvalue weighted by atomic mass is 10.0. The molecule has 2 atom stereocenters. The minimum Gasteiger partial charge on any atom is -0.497 e. The summed E-state index contributed by atoms with van der Waals surface area (Å²) >= 11 is 7.40. The molecular formula is C26H23N3O3S2. The van der Waals surface area contributed by atoms with Crippen molar-refractivity contribution in [3.8, 4) is 11.5 Å². The van der Waals surface area contributed by atoms with Crippen molar-refractivity contribution in [1.82, 2.24) is 10.3 Å². The first-order valence-corrected chi connectivity index (χ1v) is 12.0. The maximum atomic E-state index is 6.38. The number of hydrogen-bond acceptors (Lipinski definition) is 6. The van der Waals surface area contributed by atoms with Crippen LogP contribution in [0.2, 0.25) is 0 Å². The Kier molecular flexibility index (Phi) is 6.42. The van der Waals surface area contributed by atoms with E-state index >= 15 is 0 Å². The molecule has 1 aliphatic rings. The summed E-state index contributed by atoms with van der Waals surface area (Å²) in [4.78, 5) is 7.73. The highest BCUT2D eigenvalue weighted by Gasteiger charge is 2.43. The average Bonchev–Trinajstić information content (AvgIpc) is 3.48. The Hall–Kier alpha value is -3.49. The number of rotatable bonds is 7. The maximum Gasteiger partial charge on any atom is 0.174 e. The van der Waals surface area contributed by atoms with Crippen molar-refractivity contribution in [2.24, 2.45) is 0 Å². The van der Waals surface area contributed by atoms with Crippen LogP contribution in [0, 0.1) is 0 Å². The molecule has 172 valence electrons. The molecule has 1 aliphatic heterocycles. The van der Waals surface area contributed by atoms with Gasteiger partial charge in [0, 0.05) is 17.2 Å². The molecule has 0 spiro atoms. The van der Waals surface area contributed by atoms with Gasteiger partial charge in [-0.15, -0.1) is 0 Å². The Balaban J connectivity index is 1.58. The summed E-state index contributed by atoms with van der Waals surface area (Å²) in [7, 11) is 3.28. The Morgan fingerprint density at radius 3 is 2.53 bits per heavy atom. The van der Waals surface area contributed by atoms with Crippen LogP contribution in [0.25, 0.3) is 0 Å². The van der Waals surface area contributed by atoms with Crippen molar-refractivity contribution in [3.05, 3.63) is 96.5 Å². The van der Waals surface area contributed by atoms with Crippen LogP contribution in [0.3, 0.4) is 0 Å². The van der Waals surface area contributed by atoms with Gasteiger partial charge >= 0.3 is 0 Å². The summed E-state index contributed by atoms with van der Waals surface area (Å²) in [5, 5.41) is 4.81. The van der Waals surface area contributed by atoms with Crippen LogP contribution < -0.4 is 19.7 Å². The molecule has 0 radical (unpaired) electrons. The van der Waals surface area contributed by atoms with Crippen molar-refractivity contribution >= 4 is 34.8 Å². The van der Waals surface area contributed by atoms with Crippen LogP contribution in [0.5, 0.6) is 11.5 Å². The number of thiocarbonyl (C=S) groups is 1. The molecule has 1 saturated heterocycles. The Bertz CT molecular complexity index is 1280. The number of hydrogen-bond donors (Lipinski definition) is 1. The molecule has 8 heteroatoms. The number of benzene rings is 2. The highest BCUT2D eigenvalue weighted by Crippen LogP contribution is 2.46. The summed E-state index contributed by atoms with van der Waals surface area (Å²) in [6.45, 7) is 0. The van der Waals surface area contributed by atoms with E-state index in [0.29, 0.717) is 16.6 Å². The number of pyridine rings is 1. The minimum atomic E-state index is -0.284. The number of furan rings is 1. The largest absolute Gasteiger partial charge is 0.497 e. The summed E-state index contributed by atoms with van der Waals surface area (Å²) in [6, 6.07) is 25.2. The van der Waals surface area contributed by atoms with E-state index in [4.69, 9.17) is 26.1 Å². The van der Waals surface area contributed by atoms with Gasteiger partial charge in [-0.25, -0.2) is 0 Å². The molecule has 4 aromatic rings. The molecule has 0 saturated carbocycles. The predicted octanol–water partition coefficient (Wildman–Crippen LogP) is 6.02. The van der Waals surface area contributed by atoms with Crippen molar-refractivity contribution < 1.29 is 13.9 Å². The van der Waals surface area contributed by atoms with E-state index < -0.39 is 0 Å². The smallest absolute Gasteiger partial charge is 0.174 e. The monoisotopic (exact) mass is 489 g/mol. The lowest BCUT2D eigenvalue weighted by Gasteiger charge is -2.27. The van der Waals surface area contributed by atoms with E-state index in [1.165, 1.54) is 0 Å². The molecule has 0 aliphatic carbocycles. The number of ether oxygens (including phenoxy) is 2. The fourth-order valence-corrected chi connectivity index (χ4v) is 5.18. The van der Waals surface area contributed by atoms with E-state index in [9.17, 15) is 0 Å². The van der Waals surface area contributed by atoms with E-state index in [-0.39, 0.29) is 12.1 Å². The summed E-state index contributed by atoms with van der Waals surface area (Å²) in [5.74, 6) is 2.16. The first kappa shape index (κ1) is 22.3. The Morgan fingerprint density at radius 1 is 0.971 bits per heavy atom. The molecule has 0 bridgehead atoms. The molecule has 3 heterocycles. The molecule has 1 N–H and O–H groups in total. The SMILES string of the molecule is COc1ccc(OC)c(N2C(=S)N[C@@H](c3ccccn3)[C@H]2c2ccc(Sc3ccccc3)o2)c1. The van der Waals surface area contributed by atoms with Crippen LogP contribution in [0.4, 0.5) is 5.69 Å². The van der Waals surface area contributed by atoms with Crippen molar-refractivity contribution in [3.63, 3.8) is 0 Å². The molecule has 2 aromatic heterocycles. The lowest BCUT2D eigenvalue weighted by Crippen LogP contribution is -2.29. The second-order valence-electron chi connectivity index (χ2n) is 7.61. The molecule has 0 unspecified atom stereocenters. The fraction of sp³-hybridized carbons (Fsp3) is 0.154. The number of aromatic nitrogens is 1. The minimum absolute atomic E-state index is 0.217. The van der Waals surface area contributed by atoms with Crippen LogP contribution in [0.1, 0.15) is 23.5 Å². The maximum absolute atomic E-state index is 6.38. The average molecular weight is 490 g/mol. The topological polar surface area (TPSA) is 59.8 Å². The van der Waals surface area contributed by atoms with Crippen LogP contribution in [0.15, 0.2) is 99.5 Å². The highest BCUT2D eigenvalue weighted by atomic mass is 32.2. The van der Waals surface area contributed by atoms with Gasteiger partial charge in [0.15, 0.2) is 10.2 Å². The summed E-state index contributed by atoms with van der Waals surface area (Å²) < 4.78 is 17.5. The third kappa shape index (κ3) is 4.34. The standard InChI is InChI=1S/C26H23N3O3S2/c1-30-17-11-12-21(31-2)20(16-17)29-25(24(28-26(29)33)19-10-6-7-15-27-19)22-13-14-23(32-22)34-18-8-4-3-5-9-18/h3-16,24-25H,1-2H3,(H,28,33)/t24-,25+/m0/s1. The van der Waals surface area contributed by atoms with Crippen molar-refractivity contribution in [2.75, 3.05) is 19.1 Å². The second-order valence-corrected chi connectivity index (χ2v) is 9.07. The van der Waals surface area contributed by atoms with Gasteiger partial charge in [0.25, 0.3) is 0 Å². The zero-order chi connectivity index (χ0) is 23.5. The zero-order valence-electron chi connectivity index (χ0n) is 18.7.